The molecule has 5 heterocycles. The Balaban J connectivity index is 1.30. The predicted molar refractivity (Wildman–Crippen MR) is 190 cm³/mol. The fraction of sp³-hybridized carbons (Fsp3) is 0.941. The van der Waals surface area contributed by atoms with Crippen LogP contribution in [0.15, 0.2) is 0 Å². The SMILES string of the molecule is CC(=O)N[C@H]1[C@@H](OC[C@H]2OC(O)[C@H](O)[C@@H](O[C@H]3O[C@H](CO)[C@@H](O[C@@H]4O[C@H](CO)[C@H](O)[C@H](O)[C@H]4O)[C@H](O)[C@H]3NC(C)=O)[C@H]2O)O[C@H](CO)[C@@H](O[C@@H]2O[C@H](CO)[C@H](O)[C@H](O)[C@H]2O)[C@@H]1O. The maximum atomic E-state index is 12.3. The first-order chi connectivity index (χ1) is 29.3. The van der Waals surface area contributed by atoms with Crippen molar-refractivity contribution in [3.63, 3.8) is 0 Å². The normalized spacial score (nSPS) is 49.0. The monoisotopic (exact) mass is 910 g/mol. The number of carbonyl (C=O) groups is 2. The molecule has 5 aliphatic heterocycles. The number of aliphatic hydroxyl groups excluding tert-OH is 15. The van der Waals surface area contributed by atoms with E-state index < -0.39 is 198 Å². The summed E-state index contributed by atoms with van der Waals surface area (Å²) in [5.41, 5.74) is 0. The molecule has 1 unspecified atom stereocenters. The van der Waals surface area contributed by atoms with Crippen molar-refractivity contribution in [2.75, 3.05) is 33.0 Å². The first-order valence-corrected chi connectivity index (χ1v) is 19.6. The highest BCUT2D eigenvalue weighted by molar-refractivity contribution is 5.73. The lowest BCUT2D eigenvalue weighted by atomic mass is 9.94. The minimum absolute atomic E-state index is 0.744. The van der Waals surface area contributed by atoms with E-state index in [1.54, 1.807) is 0 Å². The van der Waals surface area contributed by atoms with Gasteiger partial charge in [0.15, 0.2) is 31.5 Å². The fourth-order valence-electron chi connectivity index (χ4n) is 7.73. The Bertz CT molecular complexity index is 1440. The van der Waals surface area contributed by atoms with Crippen molar-refractivity contribution in [2.24, 2.45) is 0 Å². The maximum absolute atomic E-state index is 12.3. The van der Waals surface area contributed by atoms with Crippen molar-refractivity contribution in [1.82, 2.24) is 10.6 Å². The molecule has 28 heteroatoms. The molecule has 0 aromatic rings. The van der Waals surface area contributed by atoms with Crippen LogP contribution in [0, 0.1) is 0 Å². The zero-order valence-electron chi connectivity index (χ0n) is 33.2. The van der Waals surface area contributed by atoms with Gasteiger partial charge in [-0.15, -0.1) is 0 Å². The van der Waals surface area contributed by atoms with Gasteiger partial charge in [0, 0.05) is 13.8 Å². The van der Waals surface area contributed by atoms with E-state index in [1.165, 1.54) is 0 Å². The first-order valence-electron chi connectivity index (χ1n) is 19.6. The molecule has 25 atom stereocenters. The predicted octanol–water partition coefficient (Wildman–Crippen LogP) is -11.6. The molecule has 0 bridgehead atoms. The Morgan fingerprint density at radius 2 is 0.806 bits per heavy atom. The zero-order chi connectivity index (χ0) is 45.9. The number of hydrogen-bond acceptors (Lipinski definition) is 26. The molecule has 0 aromatic heterocycles. The third-order valence-electron chi connectivity index (χ3n) is 11.1. The maximum Gasteiger partial charge on any atom is 0.217 e. The van der Waals surface area contributed by atoms with E-state index in [0.29, 0.717) is 0 Å². The van der Waals surface area contributed by atoms with Gasteiger partial charge >= 0.3 is 0 Å². The van der Waals surface area contributed by atoms with E-state index >= 15 is 0 Å². The van der Waals surface area contributed by atoms with E-state index in [9.17, 15) is 86.2 Å². The molecule has 0 saturated carbocycles. The number of aliphatic hydroxyl groups is 15. The minimum atomic E-state index is -2.13. The van der Waals surface area contributed by atoms with Crippen LogP contribution in [0.5, 0.6) is 0 Å². The second kappa shape index (κ2) is 22.0. The number of nitrogens with one attached hydrogen (secondary N) is 2. The van der Waals surface area contributed by atoms with Crippen LogP contribution < -0.4 is 10.6 Å². The second-order valence-electron chi connectivity index (χ2n) is 15.5. The van der Waals surface area contributed by atoms with Crippen molar-refractivity contribution in [3.05, 3.63) is 0 Å². The molecule has 0 aliphatic carbocycles. The summed E-state index contributed by atoms with van der Waals surface area (Å²) in [4.78, 5) is 24.5. The smallest absolute Gasteiger partial charge is 0.217 e. The average Bonchev–Trinajstić information content (AvgIpc) is 3.23. The van der Waals surface area contributed by atoms with Crippen molar-refractivity contribution in [3.8, 4) is 0 Å². The fourth-order valence-corrected chi connectivity index (χ4v) is 7.73. The highest BCUT2D eigenvalue weighted by Gasteiger charge is 2.56. The van der Waals surface area contributed by atoms with Crippen LogP contribution in [-0.4, -0.2) is 275 Å². The molecule has 17 N–H and O–H groups in total. The Morgan fingerprint density at radius 3 is 1.23 bits per heavy atom. The molecule has 5 aliphatic rings. The third-order valence-corrected chi connectivity index (χ3v) is 11.1. The number of carbonyl (C=O) groups excluding carboxylic acids is 2. The summed E-state index contributed by atoms with van der Waals surface area (Å²) in [5, 5.41) is 162. The molecule has 5 saturated heterocycles. The van der Waals surface area contributed by atoms with E-state index in [0.717, 1.165) is 13.8 Å². The molecular formula is C34H58N2O26. The van der Waals surface area contributed by atoms with E-state index in [-0.39, 0.29) is 0 Å². The standard InChI is InChI=1S/C34H58N2O26/c1-8(41)35-15-20(46)27(60-33-24(50)22(48)17(43)10(3-37)56-33)12(5-39)58-31(15)54-7-14-19(45)29(26(52)30(53)55-14)62-32-16(36-9(2)42)21(47)28(13(6-40)59-32)61-34-25(51)23(49)18(44)11(4-38)57-34/h10-34,37-40,43-53H,3-7H2,1-2H3,(H,35,41)(H,36,42)/t10-,11-,12-,13-,14-,15-,16-,17+,18+,19+,20-,21-,22+,23+,24-,25-,26-,27-,28-,29+,30?,31+,32-,33+,34+/m1/s1. The summed E-state index contributed by atoms with van der Waals surface area (Å²) in [5.74, 6) is -1.53. The van der Waals surface area contributed by atoms with Gasteiger partial charge in [0.05, 0.1) is 33.0 Å². The summed E-state index contributed by atoms with van der Waals surface area (Å²) in [7, 11) is 0. The van der Waals surface area contributed by atoms with Gasteiger partial charge in [0.1, 0.15) is 122 Å². The quantitative estimate of drug-likeness (QED) is 0.0725. The molecule has 0 aromatic carbocycles. The minimum Gasteiger partial charge on any atom is -0.394 e. The van der Waals surface area contributed by atoms with Crippen molar-refractivity contribution >= 4 is 11.8 Å². The van der Waals surface area contributed by atoms with Gasteiger partial charge in [-0.1, -0.05) is 0 Å². The molecule has 5 rings (SSSR count). The van der Waals surface area contributed by atoms with Crippen LogP contribution >= 0.6 is 0 Å². The van der Waals surface area contributed by atoms with Gasteiger partial charge in [-0.05, 0) is 0 Å². The molecule has 62 heavy (non-hydrogen) atoms. The number of hydrogen-bond donors (Lipinski definition) is 17. The Morgan fingerprint density at radius 1 is 0.419 bits per heavy atom. The Kier molecular flexibility index (Phi) is 18.1. The summed E-state index contributed by atoms with van der Waals surface area (Å²) >= 11 is 0. The van der Waals surface area contributed by atoms with Gasteiger partial charge in [-0.3, -0.25) is 9.59 Å². The van der Waals surface area contributed by atoms with Crippen molar-refractivity contribution in [2.45, 2.75) is 167 Å². The number of amides is 2. The van der Waals surface area contributed by atoms with Gasteiger partial charge in [0.25, 0.3) is 0 Å². The highest BCUT2D eigenvalue weighted by atomic mass is 16.8. The van der Waals surface area contributed by atoms with Gasteiger partial charge in [-0.25, -0.2) is 0 Å². The lowest BCUT2D eigenvalue weighted by Crippen LogP contribution is -2.69. The molecule has 2 amide bonds. The van der Waals surface area contributed by atoms with Gasteiger partial charge in [-0.2, -0.15) is 0 Å². The molecular weight excluding hydrogens is 852 g/mol. The lowest BCUT2D eigenvalue weighted by Gasteiger charge is -2.49. The highest BCUT2D eigenvalue weighted by Crippen LogP contribution is 2.34. The van der Waals surface area contributed by atoms with Crippen LogP contribution in [0.3, 0.4) is 0 Å². The van der Waals surface area contributed by atoms with Crippen molar-refractivity contribution < 1.29 is 129 Å². The molecule has 5 fully saturated rings. The molecule has 0 spiro atoms. The van der Waals surface area contributed by atoms with E-state index in [2.05, 4.69) is 10.6 Å². The lowest BCUT2D eigenvalue weighted by molar-refractivity contribution is -0.369. The summed E-state index contributed by atoms with van der Waals surface area (Å²) in [6.45, 7) is -2.17. The van der Waals surface area contributed by atoms with Gasteiger partial charge < -0.3 is 130 Å². The van der Waals surface area contributed by atoms with E-state index in [4.69, 9.17) is 42.6 Å². The van der Waals surface area contributed by atoms with Crippen LogP contribution in [0.4, 0.5) is 0 Å². The Labute approximate surface area is 351 Å². The number of rotatable bonds is 15. The van der Waals surface area contributed by atoms with E-state index in [1.807, 2.05) is 0 Å². The topological polar surface area (TPSA) is 445 Å². The molecule has 28 nitrogen and oxygen atoms in total. The van der Waals surface area contributed by atoms with Crippen LogP contribution in [0.2, 0.25) is 0 Å². The van der Waals surface area contributed by atoms with Crippen LogP contribution in [-0.2, 0) is 52.2 Å². The first kappa shape index (κ1) is 51.0. The molecule has 0 radical (unpaired) electrons. The second-order valence-corrected chi connectivity index (χ2v) is 15.5. The zero-order valence-corrected chi connectivity index (χ0v) is 33.2. The third kappa shape index (κ3) is 11.0. The summed E-state index contributed by atoms with van der Waals surface area (Å²) < 4.78 is 50.5. The largest absolute Gasteiger partial charge is 0.394 e. The number of ether oxygens (including phenoxy) is 9. The molecule has 360 valence electrons. The Hall–Kier alpha value is -2.02. The summed E-state index contributed by atoms with van der Waals surface area (Å²) in [6.07, 6.45) is -41.2. The van der Waals surface area contributed by atoms with Crippen LogP contribution in [0.25, 0.3) is 0 Å². The van der Waals surface area contributed by atoms with Crippen LogP contribution in [0.1, 0.15) is 13.8 Å². The summed E-state index contributed by atoms with van der Waals surface area (Å²) in [6, 6.07) is -3.22. The van der Waals surface area contributed by atoms with Crippen molar-refractivity contribution in [1.29, 1.82) is 0 Å². The van der Waals surface area contributed by atoms with Gasteiger partial charge in [0.2, 0.25) is 11.8 Å². The average molecular weight is 911 g/mol.